The maximum atomic E-state index is 11.2. The molecule has 1 aliphatic rings. The van der Waals surface area contributed by atoms with Gasteiger partial charge in [-0.3, -0.25) is 9.89 Å². The van der Waals surface area contributed by atoms with E-state index >= 15 is 0 Å². The molecule has 4 N–H and O–H groups in total. The average molecular weight is 389 g/mol. The van der Waals surface area contributed by atoms with Gasteiger partial charge in [0.15, 0.2) is 5.96 Å². The molecule has 0 saturated carbocycles. The molecular weight excluding hydrogens is 352 g/mol. The van der Waals surface area contributed by atoms with Gasteiger partial charge in [-0.1, -0.05) is 30.3 Å². The summed E-state index contributed by atoms with van der Waals surface area (Å²) >= 11 is 0. The highest BCUT2D eigenvalue weighted by molar-refractivity contribution is 5.80. The lowest BCUT2D eigenvalue weighted by molar-refractivity contribution is 0.188. The Labute approximate surface area is 169 Å². The lowest BCUT2D eigenvalue weighted by Gasteiger charge is -2.32. The number of benzene rings is 1. The zero-order valence-electron chi connectivity index (χ0n) is 17.5. The van der Waals surface area contributed by atoms with E-state index in [1.165, 1.54) is 5.56 Å². The third-order valence-electron chi connectivity index (χ3n) is 5.34. The number of hydrogen-bond acceptors (Lipinski definition) is 3. The van der Waals surface area contributed by atoms with E-state index < -0.39 is 0 Å². The van der Waals surface area contributed by atoms with Crippen LogP contribution in [0, 0.1) is 0 Å². The predicted octanol–water partition coefficient (Wildman–Crippen LogP) is 2.00. The fraction of sp³-hybridized carbons (Fsp3) is 0.619. The molecule has 1 atom stereocenters. The van der Waals surface area contributed by atoms with E-state index in [2.05, 4.69) is 66.8 Å². The average Bonchev–Trinajstić information content (AvgIpc) is 2.69. The number of piperidine rings is 1. The number of aliphatic imine (C=N–C) groups is 1. The van der Waals surface area contributed by atoms with E-state index in [1.54, 1.807) is 4.90 Å². The number of primary amides is 1. The van der Waals surface area contributed by atoms with Crippen LogP contribution in [0.15, 0.2) is 35.3 Å². The van der Waals surface area contributed by atoms with Gasteiger partial charge in [0.2, 0.25) is 0 Å². The number of rotatable bonds is 8. The van der Waals surface area contributed by atoms with Crippen molar-refractivity contribution < 1.29 is 4.79 Å². The maximum absolute atomic E-state index is 11.2. The lowest BCUT2D eigenvalue weighted by atomic mass is 10.1. The van der Waals surface area contributed by atoms with Gasteiger partial charge in [-0.05, 0) is 45.7 Å². The third-order valence-corrected chi connectivity index (χ3v) is 5.34. The van der Waals surface area contributed by atoms with Crippen LogP contribution in [0.3, 0.4) is 0 Å². The molecule has 7 nitrogen and oxygen atoms in total. The number of likely N-dealkylation sites (tertiary alicyclic amines) is 1. The van der Waals surface area contributed by atoms with E-state index in [0.717, 1.165) is 44.9 Å². The summed E-state index contributed by atoms with van der Waals surface area (Å²) in [6, 6.07) is 11.0. The molecule has 1 aromatic rings. The number of carbonyl (C=O) groups excluding carboxylic acids is 1. The van der Waals surface area contributed by atoms with Crippen LogP contribution in [0.5, 0.6) is 0 Å². The topological polar surface area (TPSA) is 86.0 Å². The zero-order valence-corrected chi connectivity index (χ0v) is 17.5. The van der Waals surface area contributed by atoms with Crippen LogP contribution in [0.25, 0.3) is 0 Å². The molecule has 2 amide bonds. The Morgan fingerprint density at radius 2 is 2.00 bits per heavy atom. The Bertz CT molecular complexity index is 613. The van der Waals surface area contributed by atoms with Crippen LogP contribution in [0.1, 0.15) is 38.7 Å². The van der Waals surface area contributed by atoms with Crippen molar-refractivity contribution in [2.45, 2.75) is 51.7 Å². The summed E-state index contributed by atoms with van der Waals surface area (Å²) in [5, 5.41) is 6.83. The summed E-state index contributed by atoms with van der Waals surface area (Å²) in [5.41, 5.74) is 6.69. The monoisotopic (exact) mass is 388 g/mol. The number of nitrogens with zero attached hydrogens (tertiary/aromatic N) is 3. The molecule has 0 radical (unpaired) electrons. The van der Waals surface area contributed by atoms with E-state index in [1.807, 2.05) is 0 Å². The number of hydrogen-bond donors (Lipinski definition) is 3. The van der Waals surface area contributed by atoms with Crippen LogP contribution in [0.4, 0.5) is 4.79 Å². The number of guanidine groups is 1. The molecule has 1 unspecified atom stereocenters. The summed E-state index contributed by atoms with van der Waals surface area (Å²) in [4.78, 5) is 20.1. The van der Waals surface area contributed by atoms with Crippen molar-refractivity contribution in [3.8, 4) is 0 Å². The fourth-order valence-electron chi connectivity index (χ4n) is 3.37. The molecule has 1 aromatic carbocycles. The Morgan fingerprint density at radius 1 is 1.32 bits per heavy atom. The maximum Gasteiger partial charge on any atom is 0.314 e. The number of amides is 2. The third kappa shape index (κ3) is 7.38. The van der Waals surface area contributed by atoms with Crippen molar-refractivity contribution in [3.05, 3.63) is 35.9 Å². The van der Waals surface area contributed by atoms with Crippen LogP contribution in [-0.2, 0) is 6.54 Å². The predicted molar refractivity (Wildman–Crippen MR) is 115 cm³/mol. The molecule has 0 aliphatic carbocycles. The van der Waals surface area contributed by atoms with Crippen molar-refractivity contribution in [3.63, 3.8) is 0 Å². The van der Waals surface area contributed by atoms with E-state index in [9.17, 15) is 4.79 Å². The van der Waals surface area contributed by atoms with Gasteiger partial charge in [-0.15, -0.1) is 0 Å². The molecule has 1 fully saturated rings. The second kappa shape index (κ2) is 11.5. The van der Waals surface area contributed by atoms with Crippen molar-refractivity contribution in [2.75, 3.05) is 33.2 Å². The minimum atomic E-state index is -0.326. The minimum Gasteiger partial charge on any atom is -0.357 e. The Balaban J connectivity index is 1.77. The molecule has 156 valence electrons. The second-order valence-electron chi connectivity index (χ2n) is 7.54. The molecule has 1 aliphatic heterocycles. The van der Waals surface area contributed by atoms with Crippen LogP contribution >= 0.6 is 0 Å². The summed E-state index contributed by atoms with van der Waals surface area (Å²) in [6.45, 7) is 8.27. The van der Waals surface area contributed by atoms with E-state index in [-0.39, 0.29) is 6.03 Å². The van der Waals surface area contributed by atoms with Crippen LogP contribution in [-0.4, -0.2) is 67.1 Å². The molecule has 1 heterocycles. The summed E-state index contributed by atoms with van der Waals surface area (Å²) in [7, 11) is 2.16. The fourth-order valence-corrected chi connectivity index (χ4v) is 3.37. The number of nitrogens with two attached hydrogens (primary N) is 1. The van der Waals surface area contributed by atoms with Gasteiger partial charge in [0.1, 0.15) is 0 Å². The SMILES string of the molecule is CCNC(=NCCC(C)N(C)Cc1ccccc1)NC1CCN(C(N)=O)CC1. The van der Waals surface area contributed by atoms with Gasteiger partial charge in [-0.25, -0.2) is 4.79 Å². The van der Waals surface area contributed by atoms with Gasteiger partial charge < -0.3 is 21.3 Å². The zero-order chi connectivity index (χ0) is 20.4. The minimum absolute atomic E-state index is 0.326. The first-order chi connectivity index (χ1) is 13.5. The highest BCUT2D eigenvalue weighted by Crippen LogP contribution is 2.10. The molecule has 28 heavy (non-hydrogen) atoms. The lowest BCUT2D eigenvalue weighted by Crippen LogP contribution is -2.50. The quantitative estimate of drug-likeness (QED) is 0.470. The normalized spacial score (nSPS) is 16.9. The Hall–Kier alpha value is -2.28. The van der Waals surface area contributed by atoms with Gasteiger partial charge in [-0.2, -0.15) is 0 Å². The van der Waals surface area contributed by atoms with Crippen molar-refractivity contribution in [1.29, 1.82) is 0 Å². The summed E-state index contributed by atoms with van der Waals surface area (Å²) in [6.07, 6.45) is 2.78. The molecule has 1 saturated heterocycles. The number of carbonyl (C=O) groups is 1. The number of nitrogens with one attached hydrogen (secondary N) is 2. The molecule has 0 spiro atoms. The first-order valence-electron chi connectivity index (χ1n) is 10.3. The van der Waals surface area contributed by atoms with Gasteiger partial charge in [0.05, 0.1) is 0 Å². The smallest absolute Gasteiger partial charge is 0.314 e. The first kappa shape index (κ1) is 22.0. The largest absolute Gasteiger partial charge is 0.357 e. The van der Waals surface area contributed by atoms with Crippen molar-refractivity contribution in [2.24, 2.45) is 10.7 Å². The highest BCUT2D eigenvalue weighted by atomic mass is 16.2. The van der Waals surface area contributed by atoms with E-state index in [0.29, 0.717) is 25.2 Å². The highest BCUT2D eigenvalue weighted by Gasteiger charge is 2.21. The van der Waals surface area contributed by atoms with Crippen molar-refractivity contribution in [1.82, 2.24) is 20.4 Å². The van der Waals surface area contributed by atoms with Crippen molar-refractivity contribution >= 4 is 12.0 Å². The van der Waals surface area contributed by atoms with E-state index in [4.69, 9.17) is 10.7 Å². The van der Waals surface area contributed by atoms with Gasteiger partial charge in [0, 0.05) is 44.8 Å². The molecule has 0 bridgehead atoms. The second-order valence-corrected chi connectivity index (χ2v) is 7.54. The van der Waals surface area contributed by atoms with Crippen LogP contribution in [0.2, 0.25) is 0 Å². The van der Waals surface area contributed by atoms with Gasteiger partial charge >= 0.3 is 6.03 Å². The Morgan fingerprint density at radius 3 is 2.61 bits per heavy atom. The first-order valence-corrected chi connectivity index (χ1v) is 10.3. The van der Waals surface area contributed by atoms with Crippen LogP contribution < -0.4 is 16.4 Å². The Kier molecular flexibility index (Phi) is 9.07. The summed E-state index contributed by atoms with van der Waals surface area (Å²) in [5.74, 6) is 0.859. The number of urea groups is 1. The molecular formula is C21H36N6O. The molecule has 2 rings (SSSR count). The standard InChI is InChI=1S/C21H36N6O/c1-4-23-21(25-19-11-14-27(15-12-19)20(22)28)24-13-10-17(2)26(3)16-18-8-6-5-7-9-18/h5-9,17,19H,4,10-16H2,1-3H3,(H2,22,28)(H2,23,24,25). The summed E-state index contributed by atoms with van der Waals surface area (Å²) < 4.78 is 0. The van der Waals surface area contributed by atoms with Gasteiger partial charge in [0.25, 0.3) is 0 Å². The molecule has 0 aromatic heterocycles. The molecule has 7 heteroatoms.